The van der Waals surface area contributed by atoms with Crippen molar-refractivity contribution in [2.24, 2.45) is 5.14 Å². The molecule has 13 heteroatoms. The van der Waals surface area contributed by atoms with Crippen LogP contribution in [0, 0.1) is 42.6 Å². The number of carbonyl (C=O) groups excluding carboxylic acids is 1. The van der Waals surface area contributed by atoms with Crippen LogP contribution in [0.25, 0.3) is 0 Å². The molecular weight excluding hydrogens is 593 g/mol. The zero-order chi connectivity index (χ0) is 31.8. The molecule has 2 fully saturated rings. The van der Waals surface area contributed by atoms with Crippen LogP contribution in [0.4, 0.5) is 30.2 Å². The minimum Gasteiger partial charge on any atom is -0.367 e. The molecule has 2 aliphatic rings. The SMILES string of the molecule is Cc1cc(C)c(N(c2c(F)cc(F)cc2C#N)C2CCNCC2)cc1C(=O)N1CCN(c2cccc(F)c2S(N)(=O)=O)CC1. The molecule has 2 aliphatic heterocycles. The molecule has 0 aromatic heterocycles. The summed E-state index contributed by atoms with van der Waals surface area (Å²) in [5.41, 5.74) is 2.36. The van der Waals surface area contributed by atoms with Crippen LogP contribution >= 0.6 is 0 Å². The lowest BCUT2D eigenvalue weighted by atomic mass is 9.96. The molecule has 3 aromatic rings. The Labute approximate surface area is 254 Å². The number of amides is 1. The van der Waals surface area contributed by atoms with E-state index in [4.69, 9.17) is 5.14 Å². The largest absolute Gasteiger partial charge is 0.367 e. The van der Waals surface area contributed by atoms with Gasteiger partial charge in [-0.25, -0.2) is 26.7 Å². The van der Waals surface area contributed by atoms with Crippen LogP contribution in [0.2, 0.25) is 0 Å². The van der Waals surface area contributed by atoms with Crippen molar-refractivity contribution >= 4 is 33.0 Å². The number of halogens is 3. The number of benzene rings is 3. The van der Waals surface area contributed by atoms with Gasteiger partial charge < -0.3 is 20.0 Å². The van der Waals surface area contributed by atoms with Crippen molar-refractivity contribution in [3.63, 3.8) is 0 Å². The molecule has 0 saturated carbocycles. The molecular formula is C31H33F3N6O3S. The van der Waals surface area contributed by atoms with Crippen LogP contribution in [-0.4, -0.2) is 64.5 Å². The molecule has 5 rings (SSSR count). The number of carbonyl (C=O) groups is 1. The minimum absolute atomic E-state index is 0.0273. The van der Waals surface area contributed by atoms with E-state index in [1.54, 1.807) is 27.7 Å². The summed E-state index contributed by atoms with van der Waals surface area (Å²) in [6.45, 7) is 5.93. The number of nitrogens with two attached hydrogens (primary N) is 1. The van der Waals surface area contributed by atoms with E-state index >= 15 is 4.39 Å². The molecule has 0 bridgehead atoms. The molecule has 3 aromatic carbocycles. The number of primary sulfonamides is 1. The number of rotatable bonds is 6. The molecule has 3 N–H and O–H groups in total. The molecule has 0 radical (unpaired) electrons. The Hall–Kier alpha value is -4.12. The Bertz CT molecular complexity index is 1750. The third-order valence-electron chi connectivity index (χ3n) is 8.23. The van der Waals surface area contributed by atoms with Gasteiger partial charge in [0.05, 0.1) is 16.9 Å². The van der Waals surface area contributed by atoms with Crippen molar-refractivity contribution < 1.29 is 26.4 Å². The summed E-state index contributed by atoms with van der Waals surface area (Å²) in [6.07, 6.45) is 1.28. The van der Waals surface area contributed by atoms with Gasteiger partial charge in [-0.3, -0.25) is 4.79 Å². The van der Waals surface area contributed by atoms with E-state index in [0.717, 1.165) is 23.8 Å². The number of aryl methyl sites for hydroxylation is 2. The summed E-state index contributed by atoms with van der Waals surface area (Å²) in [6, 6.07) is 11.0. The highest BCUT2D eigenvalue weighted by Gasteiger charge is 2.32. The number of nitrogens with one attached hydrogen (secondary N) is 1. The summed E-state index contributed by atoms with van der Waals surface area (Å²) in [4.78, 5) is 18.4. The highest BCUT2D eigenvalue weighted by molar-refractivity contribution is 7.89. The fraction of sp³-hybridized carbons (Fsp3) is 0.355. The average Bonchev–Trinajstić information content (AvgIpc) is 2.98. The first-order valence-electron chi connectivity index (χ1n) is 14.3. The number of nitriles is 1. The Morgan fingerprint density at radius 3 is 2.32 bits per heavy atom. The quantitative estimate of drug-likeness (QED) is 0.423. The first kappa shape index (κ1) is 31.3. The number of sulfonamides is 1. The van der Waals surface area contributed by atoms with Crippen molar-refractivity contribution in [1.82, 2.24) is 10.2 Å². The predicted octanol–water partition coefficient (Wildman–Crippen LogP) is 4.09. The second kappa shape index (κ2) is 12.5. The number of hydrogen-bond acceptors (Lipinski definition) is 7. The molecule has 2 heterocycles. The first-order valence-corrected chi connectivity index (χ1v) is 15.8. The normalized spacial score (nSPS) is 16.1. The first-order chi connectivity index (χ1) is 20.9. The lowest BCUT2D eigenvalue weighted by molar-refractivity contribution is 0.0745. The maximum Gasteiger partial charge on any atom is 0.254 e. The van der Waals surface area contributed by atoms with Crippen molar-refractivity contribution in [2.75, 3.05) is 49.1 Å². The molecule has 0 aliphatic carbocycles. The highest BCUT2D eigenvalue weighted by atomic mass is 32.2. The van der Waals surface area contributed by atoms with Crippen LogP contribution in [0.15, 0.2) is 47.4 Å². The predicted molar refractivity (Wildman–Crippen MR) is 161 cm³/mol. The van der Waals surface area contributed by atoms with Crippen LogP contribution < -0.4 is 20.3 Å². The van der Waals surface area contributed by atoms with Gasteiger partial charge in [-0.05, 0) is 75.2 Å². The van der Waals surface area contributed by atoms with Crippen LogP contribution in [0.5, 0.6) is 0 Å². The van der Waals surface area contributed by atoms with Gasteiger partial charge in [0.1, 0.15) is 22.6 Å². The minimum atomic E-state index is -4.33. The van der Waals surface area contributed by atoms with E-state index < -0.39 is 32.4 Å². The third kappa shape index (κ3) is 6.10. The van der Waals surface area contributed by atoms with Gasteiger partial charge in [-0.15, -0.1) is 0 Å². The topological polar surface area (TPSA) is 123 Å². The molecule has 1 amide bonds. The fourth-order valence-electron chi connectivity index (χ4n) is 6.14. The highest BCUT2D eigenvalue weighted by Crippen LogP contribution is 2.39. The molecule has 0 atom stereocenters. The van der Waals surface area contributed by atoms with Crippen LogP contribution in [-0.2, 0) is 10.0 Å². The summed E-state index contributed by atoms with van der Waals surface area (Å²) in [5, 5.41) is 18.4. The molecule has 0 unspecified atom stereocenters. The number of anilines is 3. The summed E-state index contributed by atoms with van der Waals surface area (Å²) in [7, 11) is -4.33. The van der Waals surface area contributed by atoms with Crippen molar-refractivity contribution in [1.29, 1.82) is 5.26 Å². The fourth-order valence-corrected chi connectivity index (χ4v) is 6.97. The Morgan fingerprint density at radius 1 is 1.00 bits per heavy atom. The van der Waals surface area contributed by atoms with Gasteiger partial charge in [0.25, 0.3) is 5.91 Å². The zero-order valence-corrected chi connectivity index (χ0v) is 25.2. The van der Waals surface area contributed by atoms with E-state index in [1.165, 1.54) is 12.1 Å². The van der Waals surface area contributed by atoms with Crippen LogP contribution in [0.3, 0.4) is 0 Å². The maximum atomic E-state index is 15.5. The Morgan fingerprint density at radius 2 is 1.68 bits per heavy atom. The maximum absolute atomic E-state index is 15.5. The van der Waals surface area contributed by atoms with Gasteiger partial charge in [0, 0.05) is 49.5 Å². The van der Waals surface area contributed by atoms with Gasteiger partial charge in [0.2, 0.25) is 10.0 Å². The van der Waals surface area contributed by atoms with Crippen LogP contribution in [0.1, 0.15) is 39.9 Å². The summed E-state index contributed by atoms with van der Waals surface area (Å²) >= 11 is 0. The van der Waals surface area contributed by atoms with Gasteiger partial charge in [0.15, 0.2) is 5.82 Å². The zero-order valence-electron chi connectivity index (χ0n) is 24.4. The summed E-state index contributed by atoms with van der Waals surface area (Å²) in [5.74, 6) is -2.93. The standard InChI is InChI=1S/C31H33F3N6O3S/c1-19-14-20(2)28(40(23-6-8-37-9-7-23)29-21(18-35)15-22(32)16-26(29)34)17-24(19)31(41)39-12-10-38(11-13-39)27-5-3-4-25(33)30(27)44(36,42)43/h3-5,14-17,23,37H,6-13H2,1-2H3,(H2,36,42,43). The second-order valence-corrected chi connectivity index (χ2v) is 12.6. The van der Waals surface area contributed by atoms with Crippen molar-refractivity contribution in [2.45, 2.75) is 37.6 Å². The third-order valence-corrected chi connectivity index (χ3v) is 9.21. The van der Waals surface area contributed by atoms with Gasteiger partial charge in [-0.1, -0.05) is 12.1 Å². The van der Waals surface area contributed by atoms with Crippen molar-refractivity contribution in [3.05, 3.63) is 82.2 Å². The number of hydrogen-bond donors (Lipinski definition) is 2. The molecule has 2 saturated heterocycles. The summed E-state index contributed by atoms with van der Waals surface area (Å²) < 4.78 is 68.2. The molecule has 44 heavy (non-hydrogen) atoms. The molecule has 9 nitrogen and oxygen atoms in total. The lowest BCUT2D eigenvalue weighted by Gasteiger charge is -2.39. The van der Waals surface area contributed by atoms with E-state index in [2.05, 4.69) is 5.32 Å². The Balaban J connectivity index is 1.48. The number of nitrogens with zero attached hydrogens (tertiary/aromatic N) is 4. The second-order valence-electron chi connectivity index (χ2n) is 11.1. The van der Waals surface area contributed by atoms with E-state index in [1.807, 2.05) is 19.1 Å². The van der Waals surface area contributed by atoms with E-state index in [0.29, 0.717) is 42.7 Å². The lowest BCUT2D eigenvalue weighted by Crippen LogP contribution is -2.49. The van der Waals surface area contributed by atoms with Gasteiger partial charge >= 0.3 is 0 Å². The average molecular weight is 627 g/mol. The van der Waals surface area contributed by atoms with Gasteiger partial charge in [-0.2, -0.15) is 5.26 Å². The monoisotopic (exact) mass is 626 g/mol. The van der Waals surface area contributed by atoms with E-state index in [-0.39, 0.29) is 55.1 Å². The van der Waals surface area contributed by atoms with Crippen molar-refractivity contribution in [3.8, 4) is 6.07 Å². The number of piperazine rings is 1. The smallest absolute Gasteiger partial charge is 0.254 e. The number of piperidine rings is 1. The molecule has 232 valence electrons. The van der Waals surface area contributed by atoms with E-state index in [9.17, 15) is 27.3 Å². The Kier molecular flexibility index (Phi) is 8.88. The molecule has 0 spiro atoms.